The second-order valence-corrected chi connectivity index (χ2v) is 7.29. The van der Waals surface area contributed by atoms with Crippen LogP contribution in [-0.2, 0) is 6.42 Å². The van der Waals surface area contributed by atoms with Gasteiger partial charge in [-0.3, -0.25) is 4.99 Å². The Morgan fingerprint density at radius 2 is 1.81 bits per heavy atom. The molecule has 3 aromatic rings. The van der Waals surface area contributed by atoms with E-state index >= 15 is 0 Å². The molecular formula is C21H26IN3OS. The number of aryl methyl sites for hydroxylation is 1. The molecule has 0 aliphatic rings. The standard InChI is InChI=1S/C21H25N3OS.HI/c1-22-21(23-13-7-10-16-8-3-2-4-9-16)24-15-18(25)20-14-17-11-5-6-12-19(17)26-20;/h2-6,8-9,11-12,14,18,25H,7,10,13,15H2,1H3,(H2,22,23,24);1H. The third-order valence-electron chi connectivity index (χ3n) is 4.24. The molecule has 0 spiro atoms. The van der Waals surface area contributed by atoms with E-state index in [2.05, 4.69) is 58.1 Å². The van der Waals surface area contributed by atoms with Crippen molar-refractivity contribution in [3.8, 4) is 0 Å². The van der Waals surface area contributed by atoms with Gasteiger partial charge < -0.3 is 15.7 Å². The third-order valence-corrected chi connectivity index (χ3v) is 5.45. The lowest BCUT2D eigenvalue weighted by Gasteiger charge is -2.14. The normalized spacial score (nSPS) is 12.4. The van der Waals surface area contributed by atoms with Crippen LogP contribution in [0.5, 0.6) is 0 Å². The van der Waals surface area contributed by atoms with Gasteiger partial charge in [-0.2, -0.15) is 0 Å². The van der Waals surface area contributed by atoms with Gasteiger partial charge in [-0.05, 0) is 35.9 Å². The van der Waals surface area contributed by atoms with Crippen LogP contribution < -0.4 is 10.6 Å². The fourth-order valence-electron chi connectivity index (χ4n) is 2.83. The van der Waals surface area contributed by atoms with E-state index in [0.29, 0.717) is 6.54 Å². The van der Waals surface area contributed by atoms with Crippen LogP contribution in [0.15, 0.2) is 65.7 Å². The number of hydrogen-bond acceptors (Lipinski definition) is 3. The van der Waals surface area contributed by atoms with E-state index in [1.165, 1.54) is 15.6 Å². The van der Waals surface area contributed by atoms with Gasteiger partial charge in [0.15, 0.2) is 5.96 Å². The average molecular weight is 495 g/mol. The smallest absolute Gasteiger partial charge is 0.191 e. The van der Waals surface area contributed by atoms with Crippen LogP contribution in [0.3, 0.4) is 0 Å². The second kappa shape index (κ2) is 11.3. The first-order valence-corrected chi connectivity index (χ1v) is 9.73. The Morgan fingerprint density at radius 1 is 1.07 bits per heavy atom. The van der Waals surface area contributed by atoms with Gasteiger partial charge in [-0.25, -0.2) is 0 Å². The summed E-state index contributed by atoms with van der Waals surface area (Å²) in [6.45, 7) is 1.28. The maximum atomic E-state index is 10.5. The summed E-state index contributed by atoms with van der Waals surface area (Å²) in [6.07, 6.45) is 1.52. The van der Waals surface area contributed by atoms with Crippen molar-refractivity contribution < 1.29 is 5.11 Å². The predicted molar refractivity (Wildman–Crippen MR) is 126 cm³/mol. The highest BCUT2D eigenvalue weighted by Crippen LogP contribution is 2.29. The second-order valence-electron chi connectivity index (χ2n) is 6.17. The van der Waals surface area contributed by atoms with Crippen molar-refractivity contribution in [2.24, 2.45) is 4.99 Å². The quantitative estimate of drug-likeness (QED) is 0.198. The highest BCUT2D eigenvalue weighted by molar-refractivity contribution is 14.0. The van der Waals surface area contributed by atoms with Crippen LogP contribution in [0.1, 0.15) is 23.0 Å². The van der Waals surface area contributed by atoms with Gasteiger partial charge in [0.25, 0.3) is 0 Å². The van der Waals surface area contributed by atoms with E-state index < -0.39 is 6.10 Å². The van der Waals surface area contributed by atoms with Crippen molar-refractivity contribution >= 4 is 51.4 Å². The number of hydrogen-bond donors (Lipinski definition) is 3. The fourth-order valence-corrected chi connectivity index (χ4v) is 3.88. The van der Waals surface area contributed by atoms with Gasteiger partial charge in [-0.1, -0.05) is 48.5 Å². The van der Waals surface area contributed by atoms with Gasteiger partial charge in [-0.15, -0.1) is 35.3 Å². The highest BCUT2D eigenvalue weighted by Gasteiger charge is 2.12. The number of benzene rings is 2. The van der Waals surface area contributed by atoms with Crippen LogP contribution in [-0.4, -0.2) is 31.2 Å². The van der Waals surface area contributed by atoms with Gasteiger partial charge in [0.1, 0.15) is 6.10 Å². The van der Waals surface area contributed by atoms with E-state index in [-0.39, 0.29) is 24.0 Å². The van der Waals surface area contributed by atoms with Crippen molar-refractivity contribution in [2.45, 2.75) is 18.9 Å². The molecular weight excluding hydrogens is 469 g/mol. The lowest BCUT2D eigenvalue weighted by Crippen LogP contribution is -2.39. The summed E-state index contributed by atoms with van der Waals surface area (Å²) in [5.74, 6) is 0.721. The monoisotopic (exact) mass is 495 g/mol. The van der Waals surface area contributed by atoms with Crippen LogP contribution in [0.2, 0.25) is 0 Å². The minimum absolute atomic E-state index is 0. The van der Waals surface area contributed by atoms with Crippen molar-refractivity contribution in [1.82, 2.24) is 10.6 Å². The van der Waals surface area contributed by atoms with Crippen molar-refractivity contribution in [3.63, 3.8) is 0 Å². The molecule has 3 N–H and O–H groups in total. The predicted octanol–water partition coefficient (Wildman–Crippen LogP) is 4.35. The Kier molecular flexibility index (Phi) is 9.03. The van der Waals surface area contributed by atoms with E-state index in [1.54, 1.807) is 18.4 Å². The molecule has 1 aromatic heterocycles. The van der Waals surface area contributed by atoms with Gasteiger partial charge in [0.05, 0.1) is 0 Å². The Morgan fingerprint density at radius 3 is 2.56 bits per heavy atom. The number of aliphatic hydroxyl groups is 1. The molecule has 0 fully saturated rings. The maximum absolute atomic E-state index is 10.5. The maximum Gasteiger partial charge on any atom is 0.191 e. The number of aliphatic hydroxyl groups excluding tert-OH is 1. The zero-order chi connectivity index (χ0) is 18.2. The molecule has 6 heteroatoms. The fraction of sp³-hybridized carbons (Fsp3) is 0.286. The number of fused-ring (bicyclic) bond motifs is 1. The zero-order valence-corrected chi connectivity index (χ0v) is 18.5. The Hall–Kier alpha value is -1.64. The summed E-state index contributed by atoms with van der Waals surface area (Å²) < 4.78 is 1.20. The molecule has 3 rings (SSSR count). The lowest BCUT2D eigenvalue weighted by molar-refractivity contribution is 0.184. The molecule has 144 valence electrons. The van der Waals surface area contributed by atoms with Crippen LogP contribution >= 0.6 is 35.3 Å². The summed E-state index contributed by atoms with van der Waals surface area (Å²) in [5, 5.41) is 18.1. The summed E-state index contributed by atoms with van der Waals surface area (Å²) in [6, 6.07) is 20.7. The zero-order valence-electron chi connectivity index (χ0n) is 15.4. The first-order chi connectivity index (χ1) is 12.8. The molecule has 1 heterocycles. The Bertz CT molecular complexity index is 818. The Balaban J connectivity index is 0.00000261. The first kappa shape index (κ1) is 21.7. The molecule has 0 saturated heterocycles. The van der Waals surface area contributed by atoms with E-state index in [1.807, 2.05) is 18.2 Å². The van der Waals surface area contributed by atoms with Gasteiger partial charge >= 0.3 is 0 Å². The van der Waals surface area contributed by atoms with E-state index in [4.69, 9.17) is 0 Å². The SMILES string of the molecule is CN=C(NCCCc1ccccc1)NCC(O)c1cc2ccccc2s1.I. The number of thiophene rings is 1. The van der Waals surface area contributed by atoms with Crippen LogP contribution in [0.25, 0.3) is 10.1 Å². The number of nitrogens with one attached hydrogen (secondary N) is 2. The third kappa shape index (κ3) is 6.48. The van der Waals surface area contributed by atoms with Crippen LogP contribution in [0, 0.1) is 0 Å². The highest BCUT2D eigenvalue weighted by atomic mass is 127. The average Bonchev–Trinajstić information content (AvgIpc) is 3.12. The number of guanidine groups is 1. The topological polar surface area (TPSA) is 56.7 Å². The molecule has 0 aliphatic carbocycles. The number of rotatable bonds is 7. The molecule has 0 bridgehead atoms. The lowest BCUT2D eigenvalue weighted by atomic mass is 10.1. The molecule has 1 atom stereocenters. The number of aliphatic imine (C=N–C) groups is 1. The summed E-state index contributed by atoms with van der Waals surface area (Å²) >= 11 is 1.63. The van der Waals surface area contributed by atoms with Crippen molar-refractivity contribution in [2.75, 3.05) is 20.1 Å². The number of halogens is 1. The van der Waals surface area contributed by atoms with Crippen molar-refractivity contribution in [3.05, 3.63) is 71.1 Å². The first-order valence-electron chi connectivity index (χ1n) is 8.91. The molecule has 0 amide bonds. The summed E-state index contributed by atoms with van der Waals surface area (Å²) in [5.41, 5.74) is 1.34. The summed E-state index contributed by atoms with van der Waals surface area (Å²) in [7, 11) is 1.75. The number of nitrogens with zero attached hydrogens (tertiary/aromatic N) is 1. The molecule has 2 aromatic carbocycles. The minimum Gasteiger partial charge on any atom is -0.386 e. The molecule has 0 saturated carbocycles. The molecule has 27 heavy (non-hydrogen) atoms. The van der Waals surface area contributed by atoms with Gasteiger partial charge in [0.2, 0.25) is 0 Å². The molecule has 4 nitrogen and oxygen atoms in total. The Labute approximate surface area is 181 Å². The molecule has 1 unspecified atom stereocenters. The molecule has 0 aliphatic heterocycles. The molecule has 0 radical (unpaired) electrons. The van der Waals surface area contributed by atoms with Crippen molar-refractivity contribution in [1.29, 1.82) is 0 Å². The minimum atomic E-state index is -0.546. The van der Waals surface area contributed by atoms with Gasteiger partial charge in [0, 0.05) is 29.7 Å². The van der Waals surface area contributed by atoms with Crippen LogP contribution in [0.4, 0.5) is 0 Å². The van der Waals surface area contributed by atoms with E-state index in [0.717, 1.165) is 30.2 Å². The largest absolute Gasteiger partial charge is 0.386 e. The van der Waals surface area contributed by atoms with E-state index in [9.17, 15) is 5.11 Å². The summed E-state index contributed by atoms with van der Waals surface area (Å²) in [4.78, 5) is 5.20.